The molecule has 1 fully saturated rings. The van der Waals surface area contributed by atoms with Crippen LogP contribution in [0.1, 0.15) is 41.6 Å². The third-order valence-electron chi connectivity index (χ3n) is 4.78. The van der Waals surface area contributed by atoms with Gasteiger partial charge in [0.25, 0.3) is 5.91 Å². The number of hydrogen-bond acceptors (Lipinski definition) is 3. The third kappa shape index (κ3) is 4.51. The number of anilines is 1. The van der Waals surface area contributed by atoms with Crippen LogP contribution in [0.15, 0.2) is 47.4 Å². The summed E-state index contributed by atoms with van der Waals surface area (Å²) in [6, 6.07) is 11.7. The summed E-state index contributed by atoms with van der Waals surface area (Å²) in [4.78, 5) is 12.8. The maximum atomic E-state index is 13.0. The van der Waals surface area contributed by atoms with Crippen LogP contribution in [-0.4, -0.2) is 31.7 Å². The molecule has 2 aromatic carbocycles. The van der Waals surface area contributed by atoms with Crippen LogP contribution in [0, 0.1) is 6.92 Å². The lowest BCUT2D eigenvalue weighted by molar-refractivity contribution is 0.102. The summed E-state index contributed by atoms with van der Waals surface area (Å²) in [5.74, 6) is -0.429. The van der Waals surface area contributed by atoms with Crippen LogP contribution < -0.4 is 5.32 Å². The molecule has 0 aliphatic carbocycles. The second-order valence-corrected chi connectivity index (χ2v) is 9.07. The molecule has 0 atom stereocenters. The fourth-order valence-corrected chi connectivity index (χ4v) is 4.92. The molecule has 3 rings (SSSR count). The average Bonchev–Trinajstić information content (AvgIpc) is 2.94. The number of amides is 1. The standard InChI is InChI=1S/C20H23ClN2O3S/c1-15-8-4-5-9-19(15)22-20(24)17-14-16(10-11-18(17)21)27(25,26)23-12-6-2-3-7-13-23/h4-5,8-11,14H,2-3,6-7,12-13H2,1H3,(H,22,24). The molecule has 27 heavy (non-hydrogen) atoms. The zero-order valence-electron chi connectivity index (χ0n) is 15.2. The highest BCUT2D eigenvalue weighted by Crippen LogP contribution is 2.26. The second-order valence-electron chi connectivity index (χ2n) is 6.73. The number of halogens is 1. The first kappa shape index (κ1) is 19.9. The number of sulfonamides is 1. The van der Waals surface area contributed by atoms with Gasteiger partial charge in [0.1, 0.15) is 0 Å². The van der Waals surface area contributed by atoms with Gasteiger partial charge in [-0.05, 0) is 49.6 Å². The molecule has 0 aromatic heterocycles. The molecule has 0 unspecified atom stereocenters. The van der Waals surface area contributed by atoms with Gasteiger partial charge in [0, 0.05) is 18.8 Å². The minimum atomic E-state index is -3.64. The van der Waals surface area contributed by atoms with E-state index in [1.165, 1.54) is 22.5 Å². The van der Waals surface area contributed by atoms with E-state index in [0.29, 0.717) is 18.8 Å². The van der Waals surface area contributed by atoms with Gasteiger partial charge in [0.05, 0.1) is 15.5 Å². The molecule has 1 saturated heterocycles. The van der Waals surface area contributed by atoms with E-state index >= 15 is 0 Å². The number of nitrogens with one attached hydrogen (secondary N) is 1. The van der Waals surface area contributed by atoms with Crippen molar-refractivity contribution in [2.24, 2.45) is 0 Å². The van der Waals surface area contributed by atoms with E-state index in [0.717, 1.165) is 31.2 Å². The maximum Gasteiger partial charge on any atom is 0.257 e. The van der Waals surface area contributed by atoms with Gasteiger partial charge in [0.15, 0.2) is 0 Å². The fourth-order valence-electron chi connectivity index (χ4n) is 3.17. The molecule has 144 valence electrons. The molecule has 0 radical (unpaired) electrons. The molecule has 0 saturated carbocycles. The molecule has 1 aliphatic rings. The highest BCUT2D eigenvalue weighted by molar-refractivity contribution is 7.89. The molecule has 1 amide bonds. The highest BCUT2D eigenvalue weighted by Gasteiger charge is 2.26. The number of rotatable bonds is 4. The monoisotopic (exact) mass is 406 g/mol. The van der Waals surface area contributed by atoms with Crippen molar-refractivity contribution in [1.82, 2.24) is 4.31 Å². The first-order chi connectivity index (χ1) is 12.9. The number of aryl methyl sites for hydroxylation is 1. The van der Waals surface area contributed by atoms with Gasteiger partial charge in [-0.3, -0.25) is 4.79 Å². The molecule has 1 N–H and O–H groups in total. The zero-order valence-corrected chi connectivity index (χ0v) is 16.8. The predicted molar refractivity (Wildman–Crippen MR) is 108 cm³/mol. The van der Waals surface area contributed by atoms with Crippen LogP contribution in [0.3, 0.4) is 0 Å². The van der Waals surface area contributed by atoms with E-state index in [2.05, 4.69) is 5.32 Å². The van der Waals surface area contributed by atoms with Gasteiger partial charge >= 0.3 is 0 Å². The molecule has 1 heterocycles. The van der Waals surface area contributed by atoms with Gasteiger partial charge < -0.3 is 5.32 Å². The van der Waals surface area contributed by atoms with Crippen LogP contribution in [0.4, 0.5) is 5.69 Å². The van der Waals surface area contributed by atoms with Crippen LogP contribution in [0.25, 0.3) is 0 Å². The summed E-state index contributed by atoms with van der Waals surface area (Å²) in [5, 5.41) is 3.02. The summed E-state index contributed by atoms with van der Waals surface area (Å²) in [6.07, 6.45) is 3.79. The summed E-state index contributed by atoms with van der Waals surface area (Å²) in [6.45, 7) is 2.91. The molecule has 2 aromatic rings. The van der Waals surface area contributed by atoms with E-state index in [9.17, 15) is 13.2 Å². The van der Waals surface area contributed by atoms with Crippen LogP contribution in [-0.2, 0) is 10.0 Å². The Kier molecular flexibility index (Phi) is 6.19. The van der Waals surface area contributed by atoms with Gasteiger partial charge in [-0.15, -0.1) is 0 Å². The van der Waals surface area contributed by atoms with Crippen molar-refractivity contribution in [3.05, 3.63) is 58.6 Å². The lowest BCUT2D eigenvalue weighted by atomic mass is 10.1. The highest BCUT2D eigenvalue weighted by atomic mass is 35.5. The minimum Gasteiger partial charge on any atom is -0.322 e. The molecule has 7 heteroatoms. The number of benzene rings is 2. The first-order valence-electron chi connectivity index (χ1n) is 9.06. The molecule has 0 spiro atoms. The van der Waals surface area contributed by atoms with Crippen molar-refractivity contribution in [3.63, 3.8) is 0 Å². The molecular formula is C20H23ClN2O3S. The van der Waals surface area contributed by atoms with Crippen molar-refractivity contribution >= 4 is 33.2 Å². The van der Waals surface area contributed by atoms with E-state index < -0.39 is 15.9 Å². The fraction of sp³-hybridized carbons (Fsp3) is 0.350. The number of hydrogen-bond donors (Lipinski definition) is 1. The smallest absolute Gasteiger partial charge is 0.257 e. The third-order valence-corrected chi connectivity index (χ3v) is 7.00. The van der Waals surface area contributed by atoms with Crippen molar-refractivity contribution in [2.75, 3.05) is 18.4 Å². The Bertz CT molecular complexity index is 936. The Morgan fingerprint density at radius 3 is 2.37 bits per heavy atom. The molecule has 0 bridgehead atoms. The van der Waals surface area contributed by atoms with Crippen molar-refractivity contribution in [1.29, 1.82) is 0 Å². The van der Waals surface area contributed by atoms with Crippen LogP contribution in [0.5, 0.6) is 0 Å². The summed E-state index contributed by atoms with van der Waals surface area (Å²) >= 11 is 6.19. The number of nitrogens with zero attached hydrogens (tertiary/aromatic N) is 1. The van der Waals surface area contributed by atoms with Gasteiger partial charge in [-0.25, -0.2) is 8.42 Å². The summed E-state index contributed by atoms with van der Waals surface area (Å²) < 4.78 is 27.5. The SMILES string of the molecule is Cc1ccccc1NC(=O)c1cc(S(=O)(=O)N2CCCCCC2)ccc1Cl. The van der Waals surface area contributed by atoms with Gasteiger partial charge in [-0.2, -0.15) is 4.31 Å². The molecule has 5 nitrogen and oxygen atoms in total. The average molecular weight is 407 g/mol. The van der Waals surface area contributed by atoms with E-state index in [1.54, 1.807) is 6.07 Å². The predicted octanol–water partition coefficient (Wildman–Crippen LogP) is 4.47. The minimum absolute atomic E-state index is 0.101. The maximum absolute atomic E-state index is 13.0. The van der Waals surface area contributed by atoms with Gasteiger partial charge in [-0.1, -0.05) is 42.6 Å². The van der Waals surface area contributed by atoms with Crippen LogP contribution in [0.2, 0.25) is 5.02 Å². The van der Waals surface area contributed by atoms with Gasteiger partial charge in [0.2, 0.25) is 10.0 Å². The van der Waals surface area contributed by atoms with Crippen LogP contribution >= 0.6 is 11.6 Å². The van der Waals surface area contributed by atoms with Crippen molar-refractivity contribution in [3.8, 4) is 0 Å². The Morgan fingerprint density at radius 2 is 1.70 bits per heavy atom. The lowest BCUT2D eigenvalue weighted by Gasteiger charge is -2.20. The molecule has 1 aliphatic heterocycles. The normalized spacial score (nSPS) is 15.9. The number of carbonyl (C=O) groups excluding carboxylic acids is 1. The Hall–Kier alpha value is -1.89. The lowest BCUT2D eigenvalue weighted by Crippen LogP contribution is -2.32. The van der Waals surface area contributed by atoms with E-state index in [-0.39, 0.29) is 15.5 Å². The summed E-state index contributed by atoms with van der Waals surface area (Å²) in [7, 11) is -3.64. The Labute approximate surface area is 165 Å². The number of carbonyl (C=O) groups is 1. The first-order valence-corrected chi connectivity index (χ1v) is 10.9. The second kappa shape index (κ2) is 8.42. The largest absolute Gasteiger partial charge is 0.322 e. The quantitative estimate of drug-likeness (QED) is 0.814. The number of para-hydroxylation sites is 1. The topological polar surface area (TPSA) is 66.5 Å². The van der Waals surface area contributed by atoms with E-state index in [1.807, 2.05) is 25.1 Å². The zero-order chi connectivity index (χ0) is 19.4. The molecular weight excluding hydrogens is 384 g/mol. The van der Waals surface area contributed by atoms with Crippen molar-refractivity contribution in [2.45, 2.75) is 37.5 Å². The van der Waals surface area contributed by atoms with Crippen molar-refractivity contribution < 1.29 is 13.2 Å². The Morgan fingerprint density at radius 1 is 1.04 bits per heavy atom. The Balaban J connectivity index is 1.89. The summed E-state index contributed by atoms with van der Waals surface area (Å²) in [5.41, 5.74) is 1.73. The van der Waals surface area contributed by atoms with E-state index in [4.69, 9.17) is 11.6 Å².